The van der Waals surface area contributed by atoms with E-state index in [1.165, 1.54) is 11.6 Å². The van der Waals surface area contributed by atoms with Crippen LogP contribution in [-0.4, -0.2) is 68.5 Å². The van der Waals surface area contributed by atoms with Crippen molar-refractivity contribution in [2.75, 3.05) is 36.9 Å². The number of likely N-dealkylation sites (tertiary alicyclic amines) is 1. The number of aromatic nitrogens is 4. The Morgan fingerprint density at radius 3 is 2.48 bits per heavy atom. The molecule has 1 aliphatic heterocycles. The van der Waals surface area contributed by atoms with Crippen molar-refractivity contribution in [2.45, 2.75) is 52.1 Å². The SMILES string of the molecule is CCOc1cc(C2CCN(CCC(=O)OS)CC2)ccc1Nc1nccc(-c2c(-c3ccc(OC(C)C)c(C(=O)Nc4c(F)cccc4F)c3)nc3ccccn23)n1. The summed E-state index contributed by atoms with van der Waals surface area (Å²) >= 11 is 3.60. The Hall–Kier alpha value is -6.06. The fourth-order valence-corrected chi connectivity index (χ4v) is 7.17. The van der Waals surface area contributed by atoms with Gasteiger partial charge in [0, 0.05) is 37.4 Å². The van der Waals surface area contributed by atoms with Gasteiger partial charge in [0.25, 0.3) is 5.91 Å². The monoisotopic (exact) mass is 807 g/mol. The molecule has 1 amide bonds. The van der Waals surface area contributed by atoms with Crippen LogP contribution < -0.4 is 20.1 Å². The molecule has 0 aliphatic carbocycles. The van der Waals surface area contributed by atoms with Crippen LogP contribution in [0.1, 0.15) is 61.9 Å². The van der Waals surface area contributed by atoms with Gasteiger partial charge in [-0.25, -0.2) is 23.7 Å². The molecular formula is C43H43F2N7O5S. The average molecular weight is 808 g/mol. The maximum absolute atomic E-state index is 14.6. The molecule has 0 atom stereocenters. The second-order valence-corrected chi connectivity index (χ2v) is 14.3. The summed E-state index contributed by atoms with van der Waals surface area (Å²) in [5, 5.41) is 5.74. The predicted octanol–water partition coefficient (Wildman–Crippen LogP) is 8.88. The van der Waals surface area contributed by atoms with Crippen LogP contribution in [0.15, 0.2) is 91.3 Å². The highest BCUT2D eigenvalue weighted by Crippen LogP contribution is 2.38. The Kier molecular flexibility index (Phi) is 12.5. The molecule has 7 rings (SSSR count). The molecule has 3 aromatic heterocycles. The molecule has 0 bridgehead atoms. The first-order valence-corrected chi connectivity index (χ1v) is 19.5. The minimum atomic E-state index is -0.903. The number of nitrogens with zero attached hydrogens (tertiary/aromatic N) is 5. The van der Waals surface area contributed by atoms with Gasteiger partial charge in [0.2, 0.25) is 5.95 Å². The number of imidazole rings is 1. The third-order valence-electron chi connectivity index (χ3n) is 9.83. The largest absolute Gasteiger partial charge is 0.492 e. The number of rotatable bonds is 14. The molecule has 1 aliphatic rings. The van der Waals surface area contributed by atoms with E-state index in [1.807, 2.05) is 55.6 Å². The highest BCUT2D eigenvalue weighted by molar-refractivity contribution is 7.75. The maximum Gasteiger partial charge on any atom is 0.318 e. The second-order valence-electron chi connectivity index (χ2n) is 14.1. The van der Waals surface area contributed by atoms with Crippen LogP contribution >= 0.6 is 12.9 Å². The number of thiol groups is 1. The van der Waals surface area contributed by atoms with Crippen LogP contribution in [0.2, 0.25) is 0 Å². The Labute approximate surface area is 340 Å². The summed E-state index contributed by atoms with van der Waals surface area (Å²) in [6.45, 7) is 8.42. The molecule has 0 unspecified atom stereocenters. The number of nitrogens with one attached hydrogen (secondary N) is 2. The zero-order chi connectivity index (χ0) is 40.8. The molecule has 0 radical (unpaired) electrons. The van der Waals surface area contributed by atoms with Crippen molar-refractivity contribution in [1.82, 2.24) is 24.3 Å². The van der Waals surface area contributed by atoms with E-state index < -0.39 is 23.2 Å². The van der Waals surface area contributed by atoms with Gasteiger partial charge in [-0.15, -0.1) is 0 Å². The number of hydrogen-bond donors (Lipinski definition) is 3. The van der Waals surface area contributed by atoms with Gasteiger partial charge in [-0.2, -0.15) is 0 Å². The lowest BCUT2D eigenvalue weighted by atomic mass is 9.89. The Morgan fingerprint density at radius 1 is 0.948 bits per heavy atom. The Balaban J connectivity index is 1.19. The molecule has 3 aromatic carbocycles. The Morgan fingerprint density at radius 2 is 1.74 bits per heavy atom. The van der Waals surface area contributed by atoms with Gasteiger partial charge in [-0.3, -0.25) is 14.0 Å². The number of fused-ring (bicyclic) bond motifs is 1. The first-order chi connectivity index (χ1) is 28.1. The number of benzene rings is 3. The van der Waals surface area contributed by atoms with Gasteiger partial charge < -0.3 is 29.2 Å². The molecule has 15 heteroatoms. The molecule has 1 saturated heterocycles. The van der Waals surface area contributed by atoms with E-state index in [2.05, 4.69) is 49.7 Å². The summed E-state index contributed by atoms with van der Waals surface area (Å²) < 4.78 is 47.6. The van der Waals surface area contributed by atoms with Crippen LogP contribution in [-0.2, 0) is 8.98 Å². The quantitative estimate of drug-likeness (QED) is 0.0725. The maximum atomic E-state index is 14.6. The van der Waals surface area contributed by atoms with E-state index in [0.29, 0.717) is 71.2 Å². The molecule has 6 aromatic rings. The Bertz CT molecular complexity index is 2420. The minimum Gasteiger partial charge on any atom is -0.492 e. The van der Waals surface area contributed by atoms with E-state index in [9.17, 15) is 18.4 Å². The normalized spacial score (nSPS) is 13.4. The molecule has 0 saturated carbocycles. The van der Waals surface area contributed by atoms with Crippen LogP contribution in [0, 0.1) is 11.6 Å². The van der Waals surface area contributed by atoms with Crippen molar-refractivity contribution in [1.29, 1.82) is 0 Å². The van der Waals surface area contributed by atoms with Gasteiger partial charge in [-0.05, 0) is 119 Å². The van der Waals surface area contributed by atoms with Crippen LogP contribution in [0.25, 0.3) is 28.3 Å². The zero-order valence-electron chi connectivity index (χ0n) is 32.2. The topological polar surface area (TPSA) is 132 Å². The van der Waals surface area contributed by atoms with Crippen molar-refractivity contribution in [3.8, 4) is 34.1 Å². The van der Waals surface area contributed by atoms with E-state index in [-0.39, 0.29) is 23.4 Å². The van der Waals surface area contributed by atoms with Gasteiger partial charge in [-0.1, -0.05) is 18.2 Å². The lowest BCUT2D eigenvalue weighted by molar-refractivity contribution is -0.133. The summed E-state index contributed by atoms with van der Waals surface area (Å²) in [7, 11) is 0. The molecule has 0 spiro atoms. The second kappa shape index (κ2) is 18.0. The van der Waals surface area contributed by atoms with Gasteiger partial charge in [0.05, 0.1) is 47.5 Å². The van der Waals surface area contributed by atoms with Crippen molar-refractivity contribution in [2.24, 2.45) is 0 Å². The number of amides is 1. The number of hydrogen-bond acceptors (Lipinski definition) is 11. The van der Waals surface area contributed by atoms with E-state index in [1.54, 1.807) is 30.5 Å². The van der Waals surface area contributed by atoms with Gasteiger partial charge in [0.15, 0.2) is 0 Å². The molecular weight excluding hydrogens is 765 g/mol. The standard InChI is InChI=1S/C43H43F2N7O5S/c1-4-55-36-25-28(27-16-21-51(22-17-27)23-18-38(53)57-58)11-13-33(36)47-43-46-19-15-34(48-43)41-39(49-37-10-5-6-20-52(37)41)29-12-14-35(56-26(2)3)30(24-29)42(54)50-40-31(44)8-7-9-32(40)45/h5-15,19-20,24-27,58H,4,16-18,21-23H2,1-3H3,(H,50,54)(H,46,47,48). The van der Waals surface area contributed by atoms with Crippen molar-refractivity contribution in [3.63, 3.8) is 0 Å². The van der Waals surface area contributed by atoms with Crippen molar-refractivity contribution in [3.05, 3.63) is 114 Å². The number of para-hydroxylation sites is 1. The lowest BCUT2D eigenvalue weighted by Crippen LogP contribution is -2.34. The number of carbonyl (C=O) groups excluding carboxylic acids is 2. The number of pyridine rings is 1. The first kappa shape index (κ1) is 40.1. The van der Waals surface area contributed by atoms with Gasteiger partial charge >= 0.3 is 5.97 Å². The summed E-state index contributed by atoms with van der Waals surface area (Å²) in [4.78, 5) is 41.9. The van der Waals surface area contributed by atoms with E-state index in [0.717, 1.165) is 38.1 Å². The fraction of sp³-hybridized carbons (Fsp3) is 0.279. The summed E-state index contributed by atoms with van der Waals surface area (Å²) in [6, 6.07) is 21.9. The number of anilines is 3. The number of carbonyl (C=O) groups is 2. The van der Waals surface area contributed by atoms with E-state index in [4.69, 9.17) is 19.4 Å². The molecule has 4 heterocycles. The summed E-state index contributed by atoms with van der Waals surface area (Å²) in [5.41, 5.74) is 4.22. The number of piperidine rings is 1. The lowest BCUT2D eigenvalue weighted by Gasteiger charge is -2.32. The van der Waals surface area contributed by atoms with Crippen LogP contribution in [0.5, 0.6) is 11.5 Å². The molecule has 1 fully saturated rings. The van der Waals surface area contributed by atoms with E-state index >= 15 is 0 Å². The third kappa shape index (κ3) is 9.05. The summed E-state index contributed by atoms with van der Waals surface area (Å²) in [5.74, 6) is -1.31. The van der Waals surface area contributed by atoms with Crippen LogP contribution in [0.3, 0.4) is 0 Å². The number of halogens is 2. The van der Waals surface area contributed by atoms with Gasteiger partial charge in [0.1, 0.15) is 34.5 Å². The van der Waals surface area contributed by atoms with Crippen molar-refractivity contribution < 1.29 is 32.0 Å². The third-order valence-corrected chi connectivity index (χ3v) is 10.0. The predicted molar refractivity (Wildman–Crippen MR) is 221 cm³/mol. The number of ether oxygens (including phenoxy) is 2. The zero-order valence-corrected chi connectivity index (χ0v) is 33.1. The fourth-order valence-electron chi connectivity index (χ4n) is 7.08. The van der Waals surface area contributed by atoms with Crippen molar-refractivity contribution >= 4 is 47.8 Å². The average Bonchev–Trinajstić information content (AvgIpc) is 3.62. The molecule has 300 valence electrons. The summed E-state index contributed by atoms with van der Waals surface area (Å²) in [6.07, 6.45) is 5.44. The highest BCUT2D eigenvalue weighted by atomic mass is 32.1. The minimum absolute atomic E-state index is 0.0650. The highest BCUT2D eigenvalue weighted by Gasteiger charge is 2.25. The molecule has 2 N–H and O–H groups in total. The molecule has 12 nitrogen and oxygen atoms in total. The first-order valence-electron chi connectivity index (χ1n) is 19.1. The molecule has 58 heavy (non-hydrogen) atoms. The smallest absolute Gasteiger partial charge is 0.318 e. The van der Waals surface area contributed by atoms with Crippen LogP contribution in [0.4, 0.5) is 26.1 Å².